The smallest absolute Gasteiger partial charge is 0.0383 e. The third-order valence-corrected chi connectivity index (χ3v) is 2.78. The molecule has 0 amide bonds. The predicted octanol–water partition coefficient (Wildman–Crippen LogP) is 3.28. The molecule has 1 nitrogen and oxygen atoms in total. The van der Waals surface area contributed by atoms with Crippen LogP contribution in [0.3, 0.4) is 0 Å². The fraction of sp³-hybridized carbons (Fsp3) is 0.538. The van der Waals surface area contributed by atoms with Crippen molar-refractivity contribution in [3.63, 3.8) is 0 Å². The van der Waals surface area contributed by atoms with Crippen LogP contribution in [0.25, 0.3) is 0 Å². The van der Waals surface area contributed by atoms with Gasteiger partial charge in [0, 0.05) is 5.54 Å². The van der Waals surface area contributed by atoms with Crippen molar-refractivity contribution in [1.82, 2.24) is 0 Å². The Morgan fingerprint density at radius 2 is 1.93 bits per heavy atom. The van der Waals surface area contributed by atoms with Gasteiger partial charge in [0.25, 0.3) is 0 Å². The molecule has 1 atom stereocenters. The molecule has 0 heterocycles. The molecule has 0 aliphatic rings. The summed E-state index contributed by atoms with van der Waals surface area (Å²) < 4.78 is 0. The normalized spacial score (nSPS) is 15.2. The van der Waals surface area contributed by atoms with Gasteiger partial charge in [-0.05, 0) is 38.3 Å². The summed E-state index contributed by atoms with van der Waals surface area (Å²) in [5.74, 6) is 0. The van der Waals surface area contributed by atoms with E-state index in [1.54, 1.807) is 0 Å². The average molecular weight is 191 g/mol. The van der Waals surface area contributed by atoms with Gasteiger partial charge in [0.1, 0.15) is 0 Å². The zero-order chi connectivity index (χ0) is 10.8. The summed E-state index contributed by atoms with van der Waals surface area (Å²) >= 11 is 0. The third kappa shape index (κ3) is 2.36. The number of hydrogen-bond acceptors (Lipinski definition) is 1. The molecule has 0 radical (unpaired) electrons. The number of benzene rings is 1. The molecule has 0 aliphatic carbocycles. The fourth-order valence-corrected chi connectivity index (χ4v) is 2.01. The average Bonchev–Trinajstić information content (AvgIpc) is 2.09. The minimum absolute atomic E-state index is 0.176. The highest BCUT2D eigenvalue weighted by molar-refractivity contribution is 5.35. The van der Waals surface area contributed by atoms with Crippen molar-refractivity contribution in [2.75, 3.05) is 0 Å². The predicted molar refractivity (Wildman–Crippen MR) is 62.4 cm³/mol. The van der Waals surface area contributed by atoms with Crippen LogP contribution in [0.1, 0.15) is 43.4 Å². The SMILES string of the molecule is CCCC(C)(N)c1cc(C)ccc1C. The summed E-state index contributed by atoms with van der Waals surface area (Å²) in [5.41, 5.74) is 10.0. The molecule has 1 aromatic rings. The minimum Gasteiger partial charge on any atom is -0.322 e. The van der Waals surface area contributed by atoms with Crippen LogP contribution in [-0.2, 0) is 5.54 Å². The Morgan fingerprint density at radius 3 is 2.50 bits per heavy atom. The van der Waals surface area contributed by atoms with Gasteiger partial charge in [-0.2, -0.15) is 0 Å². The van der Waals surface area contributed by atoms with Crippen LogP contribution in [0.4, 0.5) is 0 Å². The highest BCUT2D eigenvalue weighted by Gasteiger charge is 2.21. The third-order valence-electron chi connectivity index (χ3n) is 2.78. The lowest BCUT2D eigenvalue weighted by Gasteiger charge is -2.27. The summed E-state index contributed by atoms with van der Waals surface area (Å²) in [5, 5.41) is 0. The summed E-state index contributed by atoms with van der Waals surface area (Å²) in [7, 11) is 0. The molecule has 0 saturated carbocycles. The van der Waals surface area contributed by atoms with E-state index >= 15 is 0 Å². The maximum atomic E-state index is 6.32. The standard InChI is InChI=1S/C13H21N/c1-5-8-13(4,14)12-9-10(2)6-7-11(12)3/h6-7,9H,5,8,14H2,1-4H3. The molecule has 1 heteroatoms. The minimum atomic E-state index is -0.176. The van der Waals surface area contributed by atoms with Gasteiger partial charge < -0.3 is 5.73 Å². The first-order valence-electron chi connectivity index (χ1n) is 5.34. The number of nitrogens with two attached hydrogens (primary N) is 1. The topological polar surface area (TPSA) is 26.0 Å². The van der Waals surface area contributed by atoms with Crippen molar-refractivity contribution in [1.29, 1.82) is 0 Å². The second kappa shape index (κ2) is 4.14. The largest absolute Gasteiger partial charge is 0.322 e. The first-order chi connectivity index (χ1) is 6.47. The molecule has 0 aromatic heterocycles. The van der Waals surface area contributed by atoms with Crippen LogP contribution >= 0.6 is 0 Å². The summed E-state index contributed by atoms with van der Waals surface area (Å²) in [6.45, 7) is 8.55. The second-order valence-electron chi connectivity index (χ2n) is 4.49. The molecule has 0 spiro atoms. The van der Waals surface area contributed by atoms with Gasteiger partial charge in [-0.15, -0.1) is 0 Å². The molecule has 0 bridgehead atoms. The van der Waals surface area contributed by atoms with Crippen molar-refractivity contribution in [2.24, 2.45) is 5.73 Å². The van der Waals surface area contributed by atoms with E-state index in [0.717, 1.165) is 12.8 Å². The number of rotatable bonds is 3. The fourth-order valence-electron chi connectivity index (χ4n) is 2.01. The van der Waals surface area contributed by atoms with Crippen LogP contribution in [0, 0.1) is 13.8 Å². The van der Waals surface area contributed by atoms with Crippen molar-refractivity contribution < 1.29 is 0 Å². The second-order valence-corrected chi connectivity index (χ2v) is 4.49. The van der Waals surface area contributed by atoms with Crippen molar-refractivity contribution in [3.8, 4) is 0 Å². The van der Waals surface area contributed by atoms with E-state index in [4.69, 9.17) is 5.73 Å². The highest BCUT2D eigenvalue weighted by atomic mass is 14.7. The van der Waals surface area contributed by atoms with Crippen LogP contribution in [0.15, 0.2) is 18.2 Å². The molecular formula is C13H21N. The molecule has 0 saturated heterocycles. The van der Waals surface area contributed by atoms with Crippen molar-refractivity contribution in [3.05, 3.63) is 34.9 Å². The van der Waals surface area contributed by atoms with Gasteiger partial charge in [0.15, 0.2) is 0 Å². The summed E-state index contributed by atoms with van der Waals surface area (Å²) in [6.07, 6.45) is 2.16. The molecule has 1 aromatic carbocycles. The number of aryl methyl sites for hydroxylation is 2. The van der Waals surface area contributed by atoms with Gasteiger partial charge >= 0.3 is 0 Å². The van der Waals surface area contributed by atoms with Gasteiger partial charge in [-0.1, -0.05) is 37.1 Å². The first kappa shape index (κ1) is 11.3. The molecule has 2 N–H and O–H groups in total. The zero-order valence-corrected chi connectivity index (χ0v) is 9.72. The Bertz CT molecular complexity index is 313. The first-order valence-corrected chi connectivity index (χ1v) is 5.34. The van der Waals surface area contributed by atoms with Crippen LogP contribution in [-0.4, -0.2) is 0 Å². The monoisotopic (exact) mass is 191 g/mol. The Morgan fingerprint density at radius 1 is 1.29 bits per heavy atom. The molecule has 0 aliphatic heterocycles. The molecule has 14 heavy (non-hydrogen) atoms. The van der Waals surface area contributed by atoms with Crippen LogP contribution in [0.5, 0.6) is 0 Å². The van der Waals surface area contributed by atoms with Crippen LogP contribution in [0.2, 0.25) is 0 Å². The van der Waals surface area contributed by atoms with E-state index in [-0.39, 0.29) is 5.54 Å². The van der Waals surface area contributed by atoms with E-state index in [1.807, 2.05) is 0 Å². The molecule has 1 rings (SSSR count). The van der Waals surface area contributed by atoms with E-state index in [1.165, 1.54) is 16.7 Å². The van der Waals surface area contributed by atoms with Crippen LogP contribution < -0.4 is 5.73 Å². The van der Waals surface area contributed by atoms with Gasteiger partial charge in [0.05, 0.1) is 0 Å². The summed E-state index contributed by atoms with van der Waals surface area (Å²) in [4.78, 5) is 0. The lowest BCUT2D eigenvalue weighted by atomic mass is 9.85. The maximum absolute atomic E-state index is 6.32. The molecular weight excluding hydrogens is 170 g/mol. The Hall–Kier alpha value is -0.820. The molecule has 1 unspecified atom stereocenters. The van der Waals surface area contributed by atoms with E-state index < -0.39 is 0 Å². The Kier molecular flexibility index (Phi) is 3.33. The maximum Gasteiger partial charge on any atom is 0.0383 e. The number of hydrogen-bond donors (Lipinski definition) is 1. The van der Waals surface area contributed by atoms with E-state index in [0.29, 0.717) is 0 Å². The van der Waals surface area contributed by atoms with Crippen molar-refractivity contribution in [2.45, 2.75) is 46.1 Å². The van der Waals surface area contributed by atoms with Gasteiger partial charge in [-0.25, -0.2) is 0 Å². The molecule has 78 valence electrons. The zero-order valence-electron chi connectivity index (χ0n) is 9.72. The quantitative estimate of drug-likeness (QED) is 0.779. The van der Waals surface area contributed by atoms with Gasteiger partial charge in [-0.3, -0.25) is 0 Å². The molecule has 0 fully saturated rings. The lowest BCUT2D eigenvalue weighted by molar-refractivity contribution is 0.444. The Balaban J connectivity index is 3.10. The van der Waals surface area contributed by atoms with Gasteiger partial charge in [0.2, 0.25) is 0 Å². The highest BCUT2D eigenvalue weighted by Crippen LogP contribution is 2.26. The van der Waals surface area contributed by atoms with Crippen molar-refractivity contribution >= 4 is 0 Å². The van der Waals surface area contributed by atoms with E-state index in [2.05, 4.69) is 45.9 Å². The lowest BCUT2D eigenvalue weighted by Crippen LogP contribution is -2.33. The van der Waals surface area contributed by atoms with E-state index in [9.17, 15) is 0 Å². The summed E-state index contributed by atoms with van der Waals surface area (Å²) in [6, 6.07) is 6.51. The Labute approximate surface area is 87.3 Å².